The van der Waals surface area contributed by atoms with Gasteiger partial charge in [0.1, 0.15) is 5.60 Å². The van der Waals surface area contributed by atoms with Gasteiger partial charge in [-0.15, -0.1) is 0 Å². The van der Waals surface area contributed by atoms with Crippen LogP contribution in [0.1, 0.15) is 22.5 Å². The van der Waals surface area contributed by atoms with E-state index in [4.69, 9.17) is 4.74 Å². The standard InChI is InChI=1S/C23H22N4O3/c1-14-8-25-17(9-24-14)12-27-13-23-7-6-18(30-23)19(20(23)22(27)29)21(28)26-10-15-4-2-3-5-16(15)11-26/h2-9,18-20H,10-13H2,1H3/t18-,19+,20-,23-/m0/s1. The highest BCUT2D eigenvalue weighted by Crippen LogP contribution is 2.52. The zero-order valence-corrected chi connectivity index (χ0v) is 16.7. The third kappa shape index (κ3) is 2.48. The van der Waals surface area contributed by atoms with Crippen LogP contribution in [0, 0.1) is 18.8 Å². The number of aromatic nitrogens is 2. The number of amides is 2. The number of hydrogen-bond acceptors (Lipinski definition) is 5. The Labute approximate surface area is 174 Å². The van der Waals surface area contributed by atoms with Gasteiger partial charge in [-0.2, -0.15) is 0 Å². The summed E-state index contributed by atoms with van der Waals surface area (Å²) in [5.74, 6) is -0.954. The molecule has 0 unspecified atom stereocenters. The number of nitrogens with zero attached hydrogens (tertiary/aromatic N) is 4. The van der Waals surface area contributed by atoms with E-state index in [2.05, 4.69) is 22.1 Å². The van der Waals surface area contributed by atoms with E-state index in [1.807, 2.05) is 36.1 Å². The monoisotopic (exact) mass is 402 g/mol. The molecule has 4 aliphatic heterocycles. The normalized spacial score (nSPS) is 30.8. The maximum Gasteiger partial charge on any atom is 0.230 e. The number of hydrogen-bond donors (Lipinski definition) is 0. The molecule has 2 bridgehead atoms. The number of benzene rings is 1. The maximum atomic E-state index is 13.5. The van der Waals surface area contributed by atoms with E-state index in [1.54, 1.807) is 17.3 Å². The first-order valence-corrected chi connectivity index (χ1v) is 10.3. The second-order valence-corrected chi connectivity index (χ2v) is 8.71. The average molecular weight is 402 g/mol. The third-order valence-corrected chi connectivity index (χ3v) is 6.80. The summed E-state index contributed by atoms with van der Waals surface area (Å²) in [5.41, 5.74) is 3.23. The van der Waals surface area contributed by atoms with Crippen LogP contribution in [0.15, 0.2) is 48.8 Å². The van der Waals surface area contributed by atoms with Crippen LogP contribution in [0.2, 0.25) is 0 Å². The van der Waals surface area contributed by atoms with Crippen molar-refractivity contribution in [3.63, 3.8) is 0 Å². The molecule has 0 radical (unpaired) electrons. The fourth-order valence-corrected chi connectivity index (χ4v) is 5.39. The predicted molar refractivity (Wildman–Crippen MR) is 107 cm³/mol. The van der Waals surface area contributed by atoms with Crippen LogP contribution < -0.4 is 0 Å². The van der Waals surface area contributed by atoms with E-state index < -0.39 is 17.4 Å². The Hall–Kier alpha value is -3.06. The second kappa shape index (κ2) is 6.22. The van der Waals surface area contributed by atoms with Crippen LogP contribution >= 0.6 is 0 Å². The number of fused-ring (bicyclic) bond motifs is 2. The minimum atomic E-state index is -0.702. The molecule has 1 spiro atoms. The molecule has 2 saturated heterocycles. The number of rotatable bonds is 3. The summed E-state index contributed by atoms with van der Waals surface area (Å²) in [7, 11) is 0. The molecule has 0 N–H and O–H groups in total. The molecule has 4 aliphatic rings. The van der Waals surface area contributed by atoms with Gasteiger partial charge in [-0.1, -0.05) is 36.4 Å². The lowest BCUT2D eigenvalue weighted by Gasteiger charge is -2.27. The first-order valence-electron chi connectivity index (χ1n) is 10.3. The van der Waals surface area contributed by atoms with Gasteiger partial charge in [-0.05, 0) is 18.1 Å². The van der Waals surface area contributed by atoms with Crippen molar-refractivity contribution in [2.75, 3.05) is 6.54 Å². The molecule has 6 rings (SSSR count). The molecule has 0 aliphatic carbocycles. The fraction of sp³-hybridized carbons (Fsp3) is 0.391. The largest absolute Gasteiger partial charge is 0.360 e. The summed E-state index contributed by atoms with van der Waals surface area (Å²) >= 11 is 0. The van der Waals surface area contributed by atoms with Gasteiger partial charge < -0.3 is 14.5 Å². The molecule has 1 aromatic heterocycles. The van der Waals surface area contributed by atoms with Crippen LogP contribution in [-0.2, 0) is 34.0 Å². The van der Waals surface area contributed by atoms with Gasteiger partial charge in [0.05, 0.1) is 48.6 Å². The molecule has 4 atom stereocenters. The minimum absolute atomic E-state index is 0.0118. The van der Waals surface area contributed by atoms with Crippen LogP contribution in [0.3, 0.4) is 0 Å². The Bertz CT molecular complexity index is 1060. The van der Waals surface area contributed by atoms with E-state index in [0.29, 0.717) is 26.2 Å². The molecule has 5 heterocycles. The second-order valence-electron chi connectivity index (χ2n) is 8.71. The minimum Gasteiger partial charge on any atom is -0.360 e. The number of ether oxygens (including phenoxy) is 1. The van der Waals surface area contributed by atoms with Crippen LogP contribution in [0.4, 0.5) is 0 Å². The summed E-state index contributed by atoms with van der Waals surface area (Å²) in [6.45, 7) is 3.90. The lowest BCUT2D eigenvalue weighted by Crippen LogP contribution is -2.44. The zero-order chi connectivity index (χ0) is 20.5. The third-order valence-electron chi connectivity index (χ3n) is 6.80. The summed E-state index contributed by atoms with van der Waals surface area (Å²) in [6, 6.07) is 8.12. The SMILES string of the molecule is Cc1cnc(CN2C[C@]34C=C[C@H](O3)[C@@H](C(=O)N3Cc5ccccc5C3)[C@H]4C2=O)cn1. The molecule has 2 aromatic rings. The Kier molecular flexibility index (Phi) is 3.68. The molecule has 7 heteroatoms. The van der Waals surface area contributed by atoms with Crippen molar-refractivity contribution >= 4 is 11.8 Å². The molecule has 30 heavy (non-hydrogen) atoms. The van der Waals surface area contributed by atoms with Crippen LogP contribution in [-0.4, -0.2) is 49.8 Å². The van der Waals surface area contributed by atoms with Crippen LogP contribution in [0.25, 0.3) is 0 Å². The highest BCUT2D eigenvalue weighted by molar-refractivity contribution is 5.93. The molecule has 152 valence electrons. The van der Waals surface area contributed by atoms with Gasteiger partial charge in [-0.3, -0.25) is 19.6 Å². The number of carbonyl (C=O) groups is 2. The zero-order valence-electron chi connectivity index (χ0n) is 16.7. The summed E-state index contributed by atoms with van der Waals surface area (Å²) in [5, 5.41) is 0. The molecule has 0 saturated carbocycles. The summed E-state index contributed by atoms with van der Waals surface area (Å²) < 4.78 is 6.25. The van der Waals surface area contributed by atoms with Gasteiger partial charge in [-0.25, -0.2) is 0 Å². The lowest BCUT2D eigenvalue weighted by atomic mass is 9.76. The smallest absolute Gasteiger partial charge is 0.230 e. The van der Waals surface area contributed by atoms with Gasteiger partial charge in [0.15, 0.2) is 0 Å². The van der Waals surface area contributed by atoms with Crippen molar-refractivity contribution in [1.29, 1.82) is 0 Å². The van der Waals surface area contributed by atoms with Crippen molar-refractivity contribution in [2.24, 2.45) is 11.8 Å². The quantitative estimate of drug-likeness (QED) is 0.729. The number of aryl methyl sites for hydroxylation is 1. The highest BCUT2D eigenvalue weighted by Gasteiger charge is 2.67. The van der Waals surface area contributed by atoms with Crippen molar-refractivity contribution in [3.05, 3.63) is 71.3 Å². The Morgan fingerprint density at radius 2 is 1.97 bits per heavy atom. The van der Waals surface area contributed by atoms with Crippen molar-refractivity contribution < 1.29 is 14.3 Å². The first-order chi connectivity index (χ1) is 14.5. The average Bonchev–Trinajstić information content (AvgIpc) is 3.49. The summed E-state index contributed by atoms with van der Waals surface area (Å²) in [6.07, 6.45) is 7.03. The number of carbonyl (C=O) groups excluding carboxylic acids is 2. The molecular formula is C23H22N4O3. The predicted octanol–water partition coefficient (Wildman–Crippen LogP) is 1.61. The Balaban J connectivity index is 1.25. The van der Waals surface area contributed by atoms with Gasteiger partial charge in [0, 0.05) is 19.3 Å². The first kappa shape index (κ1) is 17.8. The molecule has 2 fully saturated rings. The van der Waals surface area contributed by atoms with E-state index in [0.717, 1.165) is 11.4 Å². The fourth-order valence-electron chi connectivity index (χ4n) is 5.39. The lowest BCUT2D eigenvalue weighted by molar-refractivity contribution is -0.143. The van der Waals surface area contributed by atoms with Gasteiger partial charge in [0.2, 0.25) is 11.8 Å². The Morgan fingerprint density at radius 3 is 2.67 bits per heavy atom. The van der Waals surface area contributed by atoms with Crippen molar-refractivity contribution in [3.8, 4) is 0 Å². The van der Waals surface area contributed by atoms with E-state index in [-0.39, 0.29) is 17.9 Å². The van der Waals surface area contributed by atoms with E-state index in [9.17, 15) is 9.59 Å². The molecule has 1 aromatic carbocycles. The maximum absolute atomic E-state index is 13.5. The van der Waals surface area contributed by atoms with Crippen LogP contribution in [0.5, 0.6) is 0 Å². The summed E-state index contributed by atoms with van der Waals surface area (Å²) in [4.78, 5) is 39.2. The van der Waals surface area contributed by atoms with E-state index >= 15 is 0 Å². The molecule has 2 amide bonds. The van der Waals surface area contributed by atoms with Crippen molar-refractivity contribution in [2.45, 2.75) is 38.3 Å². The van der Waals surface area contributed by atoms with E-state index in [1.165, 1.54) is 11.1 Å². The number of likely N-dealkylation sites (tertiary alicyclic amines) is 1. The Morgan fingerprint density at radius 1 is 1.20 bits per heavy atom. The molecule has 7 nitrogen and oxygen atoms in total. The highest BCUT2D eigenvalue weighted by atomic mass is 16.5. The molecular weight excluding hydrogens is 380 g/mol. The van der Waals surface area contributed by atoms with Gasteiger partial charge in [0.25, 0.3) is 0 Å². The topological polar surface area (TPSA) is 75.6 Å². The van der Waals surface area contributed by atoms with Crippen molar-refractivity contribution in [1.82, 2.24) is 19.8 Å². The van der Waals surface area contributed by atoms with Gasteiger partial charge >= 0.3 is 0 Å².